The number of allylic oxidation sites excluding steroid dienone is 4. The molecule has 156 valence electrons. The average Bonchev–Trinajstić information content (AvgIpc) is 3.15. The van der Waals surface area contributed by atoms with Crippen molar-refractivity contribution in [3.63, 3.8) is 0 Å². The third-order valence-electron chi connectivity index (χ3n) is 5.30. The first-order chi connectivity index (χ1) is 15.6. The molecule has 0 saturated heterocycles. The van der Waals surface area contributed by atoms with Gasteiger partial charge in [0.05, 0.1) is 12.7 Å². The zero-order valence-electron chi connectivity index (χ0n) is 16.8. The molecule has 0 aliphatic heterocycles. The molecule has 5 rings (SSSR count). The van der Waals surface area contributed by atoms with E-state index in [4.69, 9.17) is 16.9 Å². The monoisotopic (exact) mass is 441 g/mol. The van der Waals surface area contributed by atoms with Crippen LogP contribution in [0.1, 0.15) is 29.7 Å². The minimum atomic E-state index is -0.355. The van der Waals surface area contributed by atoms with Crippen LogP contribution in [0.4, 0.5) is 0 Å². The Kier molecular flexibility index (Phi) is 5.09. The molecule has 0 saturated carbocycles. The van der Waals surface area contributed by atoms with Gasteiger partial charge in [-0.2, -0.15) is 14.9 Å². The van der Waals surface area contributed by atoms with Crippen molar-refractivity contribution in [2.75, 3.05) is 0 Å². The molecular formula is C23H16ClN7O. The number of nitrogens with zero attached hydrogens (tertiary/aromatic N) is 7. The van der Waals surface area contributed by atoms with Gasteiger partial charge in [-0.05, 0) is 53.8 Å². The Morgan fingerprint density at radius 1 is 1.09 bits per heavy atom. The quantitative estimate of drug-likeness (QED) is 0.479. The van der Waals surface area contributed by atoms with E-state index in [9.17, 15) is 4.79 Å². The molecule has 0 radical (unpaired) electrons. The van der Waals surface area contributed by atoms with E-state index >= 15 is 0 Å². The number of hydrogen-bond acceptors (Lipinski definition) is 6. The molecule has 1 aliphatic rings. The van der Waals surface area contributed by atoms with Gasteiger partial charge in [0.1, 0.15) is 11.8 Å². The van der Waals surface area contributed by atoms with Crippen LogP contribution in [-0.4, -0.2) is 29.4 Å². The highest BCUT2D eigenvalue weighted by atomic mass is 35.5. The second-order valence-electron chi connectivity index (χ2n) is 7.31. The smallest absolute Gasteiger partial charge is 0.265 e. The van der Waals surface area contributed by atoms with Crippen molar-refractivity contribution < 1.29 is 0 Å². The highest BCUT2D eigenvalue weighted by Gasteiger charge is 2.20. The first-order valence-corrected chi connectivity index (χ1v) is 10.3. The summed E-state index contributed by atoms with van der Waals surface area (Å²) in [5.74, 6) is 0. The molecular weight excluding hydrogens is 426 g/mol. The minimum Gasteiger partial charge on any atom is -0.265 e. The normalized spacial score (nSPS) is 13.5. The number of fused-ring (bicyclic) bond motifs is 1. The van der Waals surface area contributed by atoms with Crippen molar-refractivity contribution in [3.05, 3.63) is 93.5 Å². The molecule has 4 heterocycles. The van der Waals surface area contributed by atoms with E-state index in [1.165, 1.54) is 9.20 Å². The van der Waals surface area contributed by atoms with Gasteiger partial charge in [-0.25, -0.2) is 14.5 Å². The average molecular weight is 442 g/mol. The molecule has 0 aromatic carbocycles. The molecule has 0 fully saturated rings. The van der Waals surface area contributed by atoms with Gasteiger partial charge in [-0.3, -0.25) is 4.98 Å². The second kappa shape index (κ2) is 8.21. The highest BCUT2D eigenvalue weighted by molar-refractivity contribution is 6.30. The van der Waals surface area contributed by atoms with Gasteiger partial charge in [-0.15, -0.1) is 5.10 Å². The van der Waals surface area contributed by atoms with Gasteiger partial charge in [0.15, 0.2) is 5.65 Å². The molecule has 0 unspecified atom stereocenters. The molecule has 8 nitrogen and oxygen atoms in total. The van der Waals surface area contributed by atoms with E-state index in [2.05, 4.69) is 20.2 Å². The largest absolute Gasteiger partial charge is 0.367 e. The molecule has 0 bridgehead atoms. The summed E-state index contributed by atoms with van der Waals surface area (Å²) in [5, 5.41) is 18.8. The Morgan fingerprint density at radius 2 is 1.94 bits per heavy atom. The lowest BCUT2D eigenvalue weighted by molar-refractivity contribution is 0.648. The molecule has 4 aromatic rings. The number of halogens is 1. The minimum absolute atomic E-state index is 0.215. The Bertz CT molecular complexity index is 1480. The van der Waals surface area contributed by atoms with Crippen LogP contribution in [0.5, 0.6) is 0 Å². The molecule has 9 heteroatoms. The van der Waals surface area contributed by atoms with Crippen molar-refractivity contribution in [2.45, 2.75) is 19.4 Å². The molecule has 0 atom stereocenters. The van der Waals surface area contributed by atoms with E-state index in [-0.39, 0.29) is 12.2 Å². The van der Waals surface area contributed by atoms with Gasteiger partial charge in [0, 0.05) is 34.7 Å². The molecule has 0 amide bonds. The van der Waals surface area contributed by atoms with Crippen LogP contribution in [0.2, 0.25) is 0 Å². The Morgan fingerprint density at radius 3 is 2.62 bits per heavy atom. The topological polar surface area (TPSA) is 102 Å². The van der Waals surface area contributed by atoms with Crippen molar-refractivity contribution >= 4 is 22.8 Å². The second-order valence-corrected chi connectivity index (χ2v) is 7.80. The zero-order chi connectivity index (χ0) is 22.1. The number of nitriles is 1. The van der Waals surface area contributed by atoms with Gasteiger partial charge in [-0.1, -0.05) is 23.7 Å². The van der Waals surface area contributed by atoms with Crippen LogP contribution in [0.15, 0.2) is 71.0 Å². The predicted molar refractivity (Wildman–Crippen MR) is 120 cm³/mol. The standard InChI is InChI=1S/C23H16ClN7O/c24-18-4-2-16(3-5-18)20-13-28-31-22(21(20)17-7-9-26-10-8-17)29-30(23(31)32)14-15-1-6-19(11-25)27-12-15/h1-2,4,6-10,12-13H,3,5,14H2. The fourth-order valence-electron chi connectivity index (χ4n) is 3.70. The van der Waals surface area contributed by atoms with Crippen LogP contribution in [-0.2, 0) is 6.54 Å². The van der Waals surface area contributed by atoms with E-state index in [1.807, 2.05) is 30.4 Å². The first kappa shape index (κ1) is 19.8. The molecule has 32 heavy (non-hydrogen) atoms. The summed E-state index contributed by atoms with van der Waals surface area (Å²) in [6, 6.07) is 9.13. The summed E-state index contributed by atoms with van der Waals surface area (Å²) < 4.78 is 2.66. The summed E-state index contributed by atoms with van der Waals surface area (Å²) in [5.41, 5.74) is 4.87. The van der Waals surface area contributed by atoms with Gasteiger partial charge in [0.25, 0.3) is 0 Å². The number of aromatic nitrogens is 6. The lowest BCUT2D eigenvalue weighted by Gasteiger charge is -2.15. The number of hydrogen-bond donors (Lipinski definition) is 0. The maximum atomic E-state index is 13.0. The Labute approximate surface area is 187 Å². The van der Waals surface area contributed by atoms with E-state index in [1.54, 1.807) is 36.9 Å². The first-order valence-electron chi connectivity index (χ1n) is 9.94. The summed E-state index contributed by atoms with van der Waals surface area (Å²) >= 11 is 6.15. The molecule has 1 aliphatic carbocycles. The summed E-state index contributed by atoms with van der Waals surface area (Å²) in [7, 11) is 0. The zero-order valence-corrected chi connectivity index (χ0v) is 17.6. The fourth-order valence-corrected chi connectivity index (χ4v) is 3.86. The van der Waals surface area contributed by atoms with E-state index in [0.29, 0.717) is 11.3 Å². The van der Waals surface area contributed by atoms with Crippen molar-refractivity contribution in [3.8, 4) is 17.2 Å². The van der Waals surface area contributed by atoms with Gasteiger partial charge in [0.2, 0.25) is 0 Å². The predicted octanol–water partition coefficient (Wildman–Crippen LogP) is 3.57. The van der Waals surface area contributed by atoms with Gasteiger partial charge < -0.3 is 0 Å². The maximum absolute atomic E-state index is 13.0. The maximum Gasteiger partial charge on any atom is 0.367 e. The van der Waals surface area contributed by atoms with Crippen LogP contribution < -0.4 is 5.69 Å². The van der Waals surface area contributed by atoms with Crippen molar-refractivity contribution in [1.82, 2.24) is 29.4 Å². The van der Waals surface area contributed by atoms with Crippen molar-refractivity contribution in [1.29, 1.82) is 5.26 Å². The molecule has 4 aromatic heterocycles. The number of pyridine rings is 2. The van der Waals surface area contributed by atoms with Crippen LogP contribution in [0, 0.1) is 11.3 Å². The van der Waals surface area contributed by atoms with Gasteiger partial charge >= 0.3 is 5.69 Å². The third-order valence-corrected chi connectivity index (χ3v) is 5.61. The fraction of sp³-hybridized carbons (Fsp3) is 0.130. The van der Waals surface area contributed by atoms with E-state index in [0.717, 1.165) is 45.7 Å². The summed E-state index contributed by atoms with van der Waals surface area (Å²) in [4.78, 5) is 21.2. The SMILES string of the molecule is N#Cc1ccc(Cn2nc3c(-c4ccncc4)c(C4=CC=C(Cl)CC4)cnn3c2=O)cn1. The Hall–Kier alpha value is -4.09. The Balaban J connectivity index is 1.68. The molecule has 0 N–H and O–H groups in total. The highest BCUT2D eigenvalue weighted by Crippen LogP contribution is 2.35. The lowest BCUT2D eigenvalue weighted by Crippen LogP contribution is -2.23. The van der Waals surface area contributed by atoms with E-state index < -0.39 is 0 Å². The van der Waals surface area contributed by atoms with Crippen LogP contribution in [0.3, 0.4) is 0 Å². The summed E-state index contributed by atoms with van der Waals surface area (Å²) in [6.07, 6.45) is 12.1. The third kappa shape index (κ3) is 3.59. The van der Waals surface area contributed by atoms with Crippen LogP contribution >= 0.6 is 11.6 Å². The summed E-state index contributed by atoms with van der Waals surface area (Å²) in [6.45, 7) is 0.215. The lowest BCUT2D eigenvalue weighted by atomic mass is 9.92. The molecule has 0 spiro atoms. The number of rotatable bonds is 4. The van der Waals surface area contributed by atoms with Crippen LogP contribution in [0.25, 0.3) is 22.3 Å². The van der Waals surface area contributed by atoms with Crippen molar-refractivity contribution in [2.24, 2.45) is 0 Å².